The molecule has 2 rings (SSSR count). The average Bonchev–Trinajstić information content (AvgIpc) is 2.68. The highest BCUT2D eigenvalue weighted by molar-refractivity contribution is 7.89. The van der Waals surface area contributed by atoms with E-state index >= 15 is 0 Å². The van der Waals surface area contributed by atoms with Gasteiger partial charge in [-0.25, -0.2) is 13.1 Å². The monoisotopic (exact) mass is 418 g/mol. The first-order valence-corrected chi connectivity index (χ1v) is 11.5. The second kappa shape index (κ2) is 10.4. The highest BCUT2D eigenvalue weighted by atomic mass is 32.2. The molecule has 158 valence electrons. The lowest BCUT2D eigenvalue weighted by atomic mass is 10.1. The van der Waals surface area contributed by atoms with Crippen LogP contribution in [-0.4, -0.2) is 32.7 Å². The number of rotatable bonds is 10. The molecule has 2 aromatic rings. The van der Waals surface area contributed by atoms with Crippen molar-refractivity contribution in [3.63, 3.8) is 0 Å². The molecule has 0 fully saturated rings. The Labute approximate surface area is 173 Å². The molecule has 2 N–H and O–H groups in total. The number of amides is 1. The van der Waals surface area contributed by atoms with Gasteiger partial charge in [0, 0.05) is 18.2 Å². The van der Waals surface area contributed by atoms with E-state index in [0.717, 1.165) is 16.8 Å². The predicted octanol–water partition coefficient (Wildman–Crippen LogP) is 4.04. The molecule has 1 unspecified atom stereocenters. The van der Waals surface area contributed by atoms with Gasteiger partial charge in [0.25, 0.3) is 0 Å². The fourth-order valence-corrected chi connectivity index (χ4v) is 3.79. The van der Waals surface area contributed by atoms with Crippen LogP contribution >= 0.6 is 0 Å². The van der Waals surface area contributed by atoms with Gasteiger partial charge >= 0.3 is 0 Å². The molecule has 0 heterocycles. The molecule has 1 amide bonds. The maximum Gasteiger partial charge on any atom is 0.226 e. The highest BCUT2D eigenvalue weighted by Gasteiger charge is 2.12. The van der Waals surface area contributed by atoms with Crippen molar-refractivity contribution >= 4 is 21.6 Å². The van der Waals surface area contributed by atoms with Crippen molar-refractivity contribution in [1.29, 1.82) is 0 Å². The molecule has 7 heteroatoms. The Morgan fingerprint density at radius 3 is 2.03 bits per heavy atom. The first kappa shape index (κ1) is 22.9. The number of hydrogen-bond donors (Lipinski definition) is 2. The van der Waals surface area contributed by atoms with E-state index in [1.165, 1.54) is 0 Å². The van der Waals surface area contributed by atoms with Crippen LogP contribution in [0.1, 0.15) is 34.1 Å². The van der Waals surface area contributed by atoms with Crippen LogP contribution in [0.5, 0.6) is 5.75 Å². The topological polar surface area (TPSA) is 84.5 Å². The molecule has 0 saturated carbocycles. The number of benzene rings is 2. The van der Waals surface area contributed by atoms with Gasteiger partial charge in [0.05, 0.1) is 5.75 Å². The van der Waals surface area contributed by atoms with Crippen molar-refractivity contribution in [3.8, 4) is 16.9 Å². The molecule has 0 aliphatic heterocycles. The van der Waals surface area contributed by atoms with Crippen LogP contribution in [0.15, 0.2) is 48.5 Å². The lowest BCUT2D eigenvalue weighted by Crippen LogP contribution is -2.34. The van der Waals surface area contributed by atoms with Crippen molar-refractivity contribution in [2.45, 2.75) is 40.2 Å². The zero-order valence-electron chi connectivity index (χ0n) is 17.4. The number of hydrogen-bond acceptors (Lipinski definition) is 4. The molecule has 0 radical (unpaired) electrons. The Morgan fingerprint density at radius 1 is 0.966 bits per heavy atom. The summed E-state index contributed by atoms with van der Waals surface area (Å²) in [6.45, 7) is 7.60. The van der Waals surface area contributed by atoms with Gasteiger partial charge in [-0.1, -0.05) is 45.0 Å². The van der Waals surface area contributed by atoms with Crippen LogP contribution < -0.4 is 14.8 Å². The minimum absolute atomic E-state index is 0.00893. The number of anilines is 1. The van der Waals surface area contributed by atoms with Gasteiger partial charge in [-0.05, 0) is 48.7 Å². The van der Waals surface area contributed by atoms with Crippen molar-refractivity contribution in [3.05, 3.63) is 48.5 Å². The van der Waals surface area contributed by atoms with E-state index in [1.54, 1.807) is 0 Å². The number of sulfonamides is 1. The molecule has 0 aromatic heterocycles. The maximum atomic E-state index is 11.8. The van der Waals surface area contributed by atoms with Crippen LogP contribution in [0.3, 0.4) is 0 Å². The number of nitrogens with one attached hydrogen (secondary N) is 2. The molecular formula is C22H30N2O4S. The Balaban J connectivity index is 1.93. The predicted molar refractivity (Wildman–Crippen MR) is 118 cm³/mol. The van der Waals surface area contributed by atoms with Gasteiger partial charge in [0.1, 0.15) is 11.9 Å². The second-order valence-corrected chi connectivity index (χ2v) is 9.27. The summed E-state index contributed by atoms with van der Waals surface area (Å²) in [6.07, 6.45) is 0.299. The minimum Gasteiger partial charge on any atom is -0.489 e. The fourth-order valence-electron chi connectivity index (χ4n) is 2.62. The van der Waals surface area contributed by atoms with Gasteiger partial charge in [0.2, 0.25) is 15.9 Å². The molecule has 0 aliphatic carbocycles. The standard InChI is InChI=1S/C22H30N2O4S/c1-5-14-29(26,27)23-15-17(4)28-21-12-8-19(9-13-21)18-6-10-20(11-7-18)24-22(25)16(2)3/h6-13,16-17,23H,5,14-15H2,1-4H3,(H,24,25). The smallest absolute Gasteiger partial charge is 0.226 e. The Bertz CT molecular complexity index is 891. The number of carbonyl (C=O) groups excluding carboxylic acids is 1. The van der Waals surface area contributed by atoms with E-state index in [1.807, 2.05) is 76.2 Å². The third kappa shape index (κ3) is 7.51. The summed E-state index contributed by atoms with van der Waals surface area (Å²) < 4.78 is 31.8. The Hall–Kier alpha value is -2.38. The van der Waals surface area contributed by atoms with Crippen LogP contribution in [-0.2, 0) is 14.8 Å². The summed E-state index contributed by atoms with van der Waals surface area (Å²) in [7, 11) is -3.23. The molecule has 1 atom stereocenters. The van der Waals surface area contributed by atoms with Gasteiger partial charge in [-0.2, -0.15) is 0 Å². The summed E-state index contributed by atoms with van der Waals surface area (Å²) >= 11 is 0. The van der Waals surface area contributed by atoms with Crippen molar-refractivity contribution in [2.24, 2.45) is 5.92 Å². The van der Waals surface area contributed by atoms with Crippen LogP contribution in [0.25, 0.3) is 11.1 Å². The number of ether oxygens (including phenoxy) is 1. The normalized spacial score (nSPS) is 12.6. The molecule has 0 saturated heterocycles. The third-order valence-electron chi connectivity index (χ3n) is 4.27. The quantitative estimate of drug-likeness (QED) is 0.610. The largest absolute Gasteiger partial charge is 0.489 e. The summed E-state index contributed by atoms with van der Waals surface area (Å²) in [5, 5.41) is 2.87. The second-order valence-electron chi connectivity index (χ2n) is 7.34. The Morgan fingerprint density at radius 2 is 1.52 bits per heavy atom. The van der Waals surface area contributed by atoms with E-state index in [-0.39, 0.29) is 30.2 Å². The van der Waals surface area contributed by atoms with E-state index in [4.69, 9.17) is 4.74 Å². The summed E-state index contributed by atoms with van der Waals surface area (Å²) in [4.78, 5) is 11.8. The molecular weight excluding hydrogens is 388 g/mol. The minimum atomic E-state index is -3.23. The zero-order valence-corrected chi connectivity index (χ0v) is 18.3. The third-order valence-corrected chi connectivity index (χ3v) is 5.82. The van der Waals surface area contributed by atoms with E-state index < -0.39 is 10.0 Å². The zero-order chi connectivity index (χ0) is 21.4. The van der Waals surface area contributed by atoms with Crippen molar-refractivity contribution in [2.75, 3.05) is 17.6 Å². The first-order chi connectivity index (χ1) is 13.7. The van der Waals surface area contributed by atoms with Gasteiger partial charge in [-0.3, -0.25) is 4.79 Å². The highest BCUT2D eigenvalue weighted by Crippen LogP contribution is 2.24. The van der Waals surface area contributed by atoms with E-state index in [0.29, 0.717) is 12.2 Å². The fraction of sp³-hybridized carbons (Fsp3) is 0.409. The molecule has 0 spiro atoms. The summed E-state index contributed by atoms with van der Waals surface area (Å²) in [5.74, 6) is 0.725. The van der Waals surface area contributed by atoms with Gasteiger partial charge < -0.3 is 10.1 Å². The SMILES string of the molecule is CCCS(=O)(=O)NCC(C)Oc1ccc(-c2ccc(NC(=O)C(C)C)cc2)cc1. The molecule has 29 heavy (non-hydrogen) atoms. The van der Waals surface area contributed by atoms with Crippen LogP contribution in [0.2, 0.25) is 0 Å². The lowest BCUT2D eigenvalue weighted by Gasteiger charge is -2.16. The average molecular weight is 419 g/mol. The molecule has 0 bridgehead atoms. The van der Waals surface area contributed by atoms with Crippen molar-refractivity contribution < 1.29 is 17.9 Å². The Kier molecular flexibility index (Phi) is 8.22. The molecule has 6 nitrogen and oxygen atoms in total. The van der Waals surface area contributed by atoms with Crippen molar-refractivity contribution in [1.82, 2.24) is 4.72 Å². The lowest BCUT2D eigenvalue weighted by molar-refractivity contribution is -0.118. The molecule has 0 aliphatic rings. The van der Waals surface area contributed by atoms with Gasteiger partial charge in [0.15, 0.2) is 0 Å². The molecule has 2 aromatic carbocycles. The first-order valence-electron chi connectivity index (χ1n) is 9.85. The van der Waals surface area contributed by atoms with Crippen LogP contribution in [0, 0.1) is 5.92 Å². The van der Waals surface area contributed by atoms with Gasteiger partial charge in [-0.15, -0.1) is 0 Å². The van der Waals surface area contributed by atoms with Crippen LogP contribution in [0.4, 0.5) is 5.69 Å². The summed E-state index contributed by atoms with van der Waals surface area (Å²) in [6, 6.07) is 15.3. The van der Waals surface area contributed by atoms with E-state index in [9.17, 15) is 13.2 Å². The van der Waals surface area contributed by atoms with E-state index in [2.05, 4.69) is 10.0 Å². The number of carbonyl (C=O) groups is 1. The summed E-state index contributed by atoms with van der Waals surface area (Å²) in [5.41, 5.74) is 2.82. The maximum absolute atomic E-state index is 11.8.